The highest BCUT2D eigenvalue weighted by Crippen LogP contribution is 2.13. The van der Waals surface area contributed by atoms with Gasteiger partial charge in [-0.15, -0.1) is 0 Å². The van der Waals surface area contributed by atoms with Crippen molar-refractivity contribution >= 4 is 16.9 Å². The number of H-pyrrole nitrogens is 1. The fourth-order valence-electron chi connectivity index (χ4n) is 1.19. The number of fused-ring (bicyclic) bond motifs is 1. The molecule has 5 heteroatoms. The normalized spacial score (nSPS) is 10.5. The predicted octanol–water partition coefficient (Wildman–Crippen LogP) is 0.365. The van der Waals surface area contributed by atoms with E-state index in [1.807, 2.05) is 0 Å². The van der Waals surface area contributed by atoms with E-state index in [-0.39, 0.29) is 0 Å². The highest BCUT2D eigenvalue weighted by Gasteiger charge is 2.09. The lowest BCUT2D eigenvalue weighted by molar-refractivity contribution is 0.100. The Labute approximate surface area is 74.0 Å². The van der Waals surface area contributed by atoms with Crippen molar-refractivity contribution in [1.82, 2.24) is 15.0 Å². The number of nitrogens with zero attached hydrogens (tertiary/aromatic N) is 2. The first-order chi connectivity index (χ1) is 6.18. The molecule has 2 aromatic heterocycles. The molecule has 2 aromatic rings. The summed E-state index contributed by atoms with van der Waals surface area (Å²) in [5, 5.41) is 0. The van der Waals surface area contributed by atoms with E-state index in [1.54, 1.807) is 19.3 Å². The molecule has 2 heterocycles. The summed E-state index contributed by atoms with van der Waals surface area (Å²) in [6.45, 7) is 1.76. The molecule has 0 unspecified atom stereocenters. The molecule has 2 rings (SSSR count). The molecule has 3 N–H and O–H groups in total. The standard InChI is InChI=1S/C8H8N4O/c1-4-10-3-6-7(12-4)5(2-11-6)8(9)13/h2-3,11H,1H3,(H2,9,13). The van der Waals surface area contributed by atoms with Crippen LogP contribution in [0.3, 0.4) is 0 Å². The fourth-order valence-corrected chi connectivity index (χ4v) is 1.19. The molecule has 0 atom stereocenters. The van der Waals surface area contributed by atoms with Crippen molar-refractivity contribution in [3.05, 3.63) is 23.8 Å². The second kappa shape index (κ2) is 2.55. The van der Waals surface area contributed by atoms with Crippen LogP contribution in [0.2, 0.25) is 0 Å². The van der Waals surface area contributed by atoms with Crippen LogP contribution in [0.15, 0.2) is 12.4 Å². The first kappa shape index (κ1) is 7.72. The van der Waals surface area contributed by atoms with Gasteiger partial charge in [-0.25, -0.2) is 9.97 Å². The number of carbonyl (C=O) groups is 1. The van der Waals surface area contributed by atoms with Crippen LogP contribution in [0, 0.1) is 6.92 Å². The van der Waals surface area contributed by atoms with Gasteiger partial charge in [-0.2, -0.15) is 0 Å². The van der Waals surface area contributed by atoms with E-state index in [4.69, 9.17) is 5.73 Å². The van der Waals surface area contributed by atoms with Crippen molar-refractivity contribution in [3.8, 4) is 0 Å². The van der Waals surface area contributed by atoms with Crippen molar-refractivity contribution in [1.29, 1.82) is 0 Å². The Morgan fingerprint density at radius 2 is 2.38 bits per heavy atom. The molecule has 66 valence electrons. The maximum atomic E-state index is 10.9. The minimum Gasteiger partial charge on any atom is -0.365 e. The average Bonchev–Trinajstić information content (AvgIpc) is 2.46. The van der Waals surface area contributed by atoms with Crippen molar-refractivity contribution in [2.75, 3.05) is 0 Å². The number of hydrogen-bond acceptors (Lipinski definition) is 3. The van der Waals surface area contributed by atoms with Gasteiger partial charge in [0.15, 0.2) is 0 Å². The van der Waals surface area contributed by atoms with Crippen molar-refractivity contribution < 1.29 is 4.79 Å². The number of amides is 1. The molecule has 1 amide bonds. The topological polar surface area (TPSA) is 84.7 Å². The zero-order chi connectivity index (χ0) is 9.42. The van der Waals surface area contributed by atoms with E-state index in [0.29, 0.717) is 16.9 Å². The van der Waals surface area contributed by atoms with Gasteiger partial charge in [0, 0.05) is 6.20 Å². The molecule has 0 aromatic carbocycles. The van der Waals surface area contributed by atoms with Crippen LogP contribution in [-0.2, 0) is 0 Å². The Balaban J connectivity index is 2.79. The van der Waals surface area contributed by atoms with E-state index >= 15 is 0 Å². The highest BCUT2D eigenvalue weighted by atomic mass is 16.1. The molecule has 5 nitrogen and oxygen atoms in total. The van der Waals surface area contributed by atoms with Gasteiger partial charge < -0.3 is 10.7 Å². The molecule has 13 heavy (non-hydrogen) atoms. The molecule has 0 aliphatic heterocycles. The minimum absolute atomic E-state index is 0.403. The average molecular weight is 176 g/mol. The number of primary amides is 1. The maximum absolute atomic E-state index is 10.9. The van der Waals surface area contributed by atoms with Gasteiger partial charge in [0.2, 0.25) is 0 Å². The third-order valence-electron chi connectivity index (χ3n) is 1.80. The summed E-state index contributed by atoms with van der Waals surface area (Å²) in [5.41, 5.74) is 6.86. The van der Waals surface area contributed by atoms with Crippen LogP contribution in [-0.4, -0.2) is 20.9 Å². The summed E-state index contributed by atoms with van der Waals surface area (Å²) < 4.78 is 0. The number of rotatable bonds is 1. The summed E-state index contributed by atoms with van der Waals surface area (Å²) in [6.07, 6.45) is 3.17. The number of aromatic amines is 1. The molecule has 0 aliphatic carbocycles. The third-order valence-corrected chi connectivity index (χ3v) is 1.80. The summed E-state index contributed by atoms with van der Waals surface area (Å²) in [4.78, 5) is 21.9. The molecular formula is C8H8N4O. The van der Waals surface area contributed by atoms with Gasteiger partial charge in [-0.1, -0.05) is 0 Å². The van der Waals surface area contributed by atoms with Crippen LogP contribution in [0.25, 0.3) is 11.0 Å². The highest BCUT2D eigenvalue weighted by molar-refractivity contribution is 6.04. The lowest BCUT2D eigenvalue weighted by Crippen LogP contribution is -2.10. The first-order valence-electron chi connectivity index (χ1n) is 3.79. The number of aromatic nitrogens is 3. The van der Waals surface area contributed by atoms with E-state index in [9.17, 15) is 4.79 Å². The number of carbonyl (C=O) groups excluding carboxylic acids is 1. The van der Waals surface area contributed by atoms with Crippen molar-refractivity contribution in [2.24, 2.45) is 5.73 Å². The number of nitrogens with two attached hydrogens (primary N) is 1. The lowest BCUT2D eigenvalue weighted by Gasteiger charge is -1.93. The SMILES string of the molecule is Cc1ncc2[nH]cc(C(N)=O)c2n1. The predicted molar refractivity (Wildman–Crippen MR) is 47.1 cm³/mol. The summed E-state index contributed by atoms with van der Waals surface area (Å²) in [5.74, 6) is 0.138. The smallest absolute Gasteiger partial charge is 0.252 e. The maximum Gasteiger partial charge on any atom is 0.252 e. The molecular weight excluding hydrogens is 168 g/mol. The Hall–Kier alpha value is -1.91. The van der Waals surface area contributed by atoms with Crippen molar-refractivity contribution in [2.45, 2.75) is 6.92 Å². The monoisotopic (exact) mass is 176 g/mol. The zero-order valence-electron chi connectivity index (χ0n) is 7.03. The molecule has 0 spiro atoms. The quantitative estimate of drug-likeness (QED) is 0.658. The fraction of sp³-hybridized carbons (Fsp3) is 0.125. The van der Waals surface area contributed by atoms with Gasteiger partial charge in [0.05, 0.1) is 17.3 Å². The molecule has 0 radical (unpaired) electrons. The second-order valence-corrected chi connectivity index (χ2v) is 2.75. The molecule has 0 saturated carbocycles. The molecule has 0 aliphatic rings. The first-order valence-corrected chi connectivity index (χ1v) is 3.79. The van der Waals surface area contributed by atoms with Crippen molar-refractivity contribution in [3.63, 3.8) is 0 Å². The van der Waals surface area contributed by atoms with Crippen LogP contribution in [0.4, 0.5) is 0 Å². The minimum atomic E-state index is -0.482. The second-order valence-electron chi connectivity index (χ2n) is 2.75. The number of aryl methyl sites for hydroxylation is 1. The van der Waals surface area contributed by atoms with Crippen LogP contribution >= 0.6 is 0 Å². The largest absolute Gasteiger partial charge is 0.365 e. The third kappa shape index (κ3) is 1.14. The molecule has 0 bridgehead atoms. The lowest BCUT2D eigenvalue weighted by atomic mass is 10.3. The van der Waals surface area contributed by atoms with Gasteiger partial charge in [0.1, 0.15) is 11.3 Å². The van der Waals surface area contributed by atoms with E-state index in [0.717, 1.165) is 5.52 Å². The molecule has 0 fully saturated rings. The summed E-state index contributed by atoms with van der Waals surface area (Å²) >= 11 is 0. The van der Waals surface area contributed by atoms with Crippen LogP contribution in [0.5, 0.6) is 0 Å². The van der Waals surface area contributed by atoms with E-state index < -0.39 is 5.91 Å². The summed E-state index contributed by atoms with van der Waals surface area (Å²) in [6, 6.07) is 0. The van der Waals surface area contributed by atoms with Crippen LogP contribution in [0.1, 0.15) is 16.2 Å². The van der Waals surface area contributed by atoms with Crippen LogP contribution < -0.4 is 5.73 Å². The van der Waals surface area contributed by atoms with Gasteiger partial charge in [-0.3, -0.25) is 4.79 Å². The number of hydrogen-bond donors (Lipinski definition) is 2. The van der Waals surface area contributed by atoms with Gasteiger partial charge in [-0.05, 0) is 6.92 Å². The summed E-state index contributed by atoms with van der Waals surface area (Å²) in [7, 11) is 0. The van der Waals surface area contributed by atoms with Gasteiger partial charge >= 0.3 is 0 Å². The number of nitrogens with one attached hydrogen (secondary N) is 1. The van der Waals surface area contributed by atoms with E-state index in [1.165, 1.54) is 0 Å². The zero-order valence-corrected chi connectivity index (χ0v) is 7.03. The van der Waals surface area contributed by atoms with E-state index in [2.05, 4.69) is 15.0 Å². The Morgan fingerprint density at radius 3 is 3.08 bits per heavy atom. The Bertz CT molecular complexity index is 474. The molecule has 0 saturated heterocycles. The van der Waals surface area contributed by atoms with Gasteiger partial charge in [0.25, 0.3) is 5.91 Å². The Morgan fingerprint density at radius 1 is 1.62 bits per heavy atom. The Kier molecular flexibility index (Phi) is 1.51.